The molecule has 3 unspecified atom stereocenters. The van der Waals surface area contributed by atoms with Crippen LogP contribution in [0.1, 0.15) is 43.2 Å². The predicted octanol–water partition coefficient (Wildman–Crippen LogP) is 1.70. The van der Waals surface area contributed by atoms with Crippen molar-refractivity contribution < 1.29 is 24.4 Å². The number of rotatable bonds is 2. The van der Waals surface area contributed by atoms with E-state index in [4.69, 9.17) is 14.2 Å². The first kappa shape index (κ1) is 16.5. The Hall–Kier alpha value is -1.34. The third kappa shape index (κ3) is 1.72. The Morgan fingerprint density at radius 1 is 1.11 bits per heavy atom. The Morgan fingerprint density at radius 2 is 1.93 bits per heavy atom. The van der Waals surface area contributed by atoms with E-state index in [0.29, 0.717) is 31.8 Å². The van der Waals surface area contributed by atoms with Gasteiger partial charge in [0.2, 0.25) is 5.79 Å². The van der Waals surface area contributed by atoms with E-state index in [1.807, 2.05) is 6.07 Å². The molecule has 7 rings (SSSR count). The fourth-order valence-corrected chi connectivity index (χ4v) is 7.21. The van der Waals surface area contributed by atoms with Crippen LogP contribution in [-0.4, -0.2) is 65.0 Å². The molecular formula is C22H27NO5. The van der Waals surface area contributed by atoms with Gasteiger partial charge >= 0.3 is 0 Å². The number of ether oxygens (including phenoxy) is 3. The van der Waals surface area contributed by atoms with Crippen LogP contribution in [0.4, 0.5) is 0 Å². The summed E-state index contributed by atoms with van der Waals surface area (Å²) in [4.78, 5) is 2.54. The van der Waals surface area contributed by atoms with Crippen molar-refractivity contribution >= 4 is 0 Å². The van der Waals surface area contributed by atoms with Crippen LogP contribution < -0.4 is 4.74 Å². The summed E-state index contributed by atoms with van der Waals surface area (Å²) in [5.74, 6) is 0.698. The molecule has 2 N–H and O–H groups in total. The van der Waals surface area contributed by atoms with Gasteiger partial charge in [-0.3, -0.25) is 4.90 Å². The highest BCUT2D eigenvalue weighted by Gasteiger charge is 2.77. The second-order valence-corrected chi connectivity index (χ2v) is 9.76. The summed E-state index contributed by atoms with van der Waals surface area (Å²) >= 11 is 0. The Morgan fingerprint density at radius 3 is 2.71 bits per heavy atom. The standard InChI is InChI=1S/C22H27NO5/c24-15-4-3-14-11-16-21(25)5-6-22(26-9-10-27-22)19-20(21,17(14)18(15)28-19)7-8-23(16)12-13-1-2-13/h3-4,13,16,19,24-25H,1-2,5-12H2/t16?,19?,20-,21?/m0/s1. The second-order valence-electron chi connectivity index (χ2n) is 9.76. The minimum Gasteiger partial charge on any atom is -0.504 e. The third-order valence-electron chi connectivity index (χ3n) is 8.54. The van der Waals surface area contributed by atoms with E-state index >= 15 is 0 Å². The number of phenolic OH excluding ortho intramolecular Hbond substituents is 1. The first-order valence-electron chi connectivity index (χ1n) is 10.8. The van der Waals surface area contributed by atoms with Gasteiger partial charge in [0, 0.05) is 24.6 Å². The number of hydrogen-bond acceptors (Lipinski definition) is 6. The number of likely N-dealkylation sites (tertiary alicyclic amines) is 1. The zero-order chi connectivity index (χ0) is 18.7. The summed E-state index contributed by atoms with van der Waals surface area (Å²) in [5, 5.41) is 22.9. The van der Waals surface area contributed by atoms with E-state index in [2.05, 4.69) is 4.90 Å². The fraction of sp³-hybridized carbons (Fsp3) is 0.727. The molecule has 0 aromatic heterocycles. The molecule has 6 aliphatic rings. The van der Waals surface area contributed by atoms with Crippen LogP contribution in [0.3, 0.4) is 0 Å². The van der Waals surface area contributed by atoms with E-state index in [-0.39, 0.29) is 11.8 Å². The number of fused-ring (bicyclic) bond motifs is 1. The number of nitrogens with zero attached hydrogens (tertiary/aromatic N) is 1. The average molecular weight is 385 g/mol. The van der Waals surface area contributed by atoms with Crippen molar-refractivity contribution in [3.63, 3.8) is 0 Å². The second kappa shape index (κ2) is 5.04. The van der Waals surface area contributed by atoms with E-state index in [1.165, 1.54) is 18.4 Å². The minimum absolute atomic E-state index is 0.0923. The van der Waals surface area contributed by atoms with Crippen molar-refractivity contribution in [1.82, 2.24) is 4.90 Å². The van der Waals surface area contributed by atoms with Gasteiger partial charge in [0.1, 0.15) is 0 Å². The number of benzene rings is 1. The summed E-state index contributed by atoms with van der Waals surface area (Å²) in [6, 6.07) is 3.87. The van der Waals surface area contributed by atoms with E-state index < -0.39 is 22.9 Å². The topological polar surface area (TPSA) is 71.4 Å². The summed E-state index contributed by atoms with van der Waals surface area (Å²) in [5.41, 5.74) is 0.792. The molecule has 3 aliphatic heterocycles. The number of aromatic hydroxyl groups is 1. The first-order chi connectivity index (χ1) is 13.6. The molecule has 2 bridgehead atoms. The molecule has 1 aromatic rings. The van der Waals surface area contributed by atoms with Crippen LogP contribution in [0.2, 0.25) is 0 Å². The Balaban J connectivity index is 1.45. The first-order valence-corrected chi connectivity index (χ1v) is 10.8. The molecule has 4 fully saturated rings. The quantitative estimate of drug-likeness (QED) is 0.808. The van der Waals surface area contributed by atoms with Crippen LogP contribution in [-0.2, 0) is 21.3 Å². The maximum absolute atomic E-state index is 12.3. The molecular weight excluding hydrogens is 358 g/mol. The van der Waals surface area contributed by atoms with Crippen LogP contribution >= 0.6 is 0 Å². The molecule has 3 heterocycles. The van der Waals surface area contributed by atoms with Gasteiger partial charge in [-0.05, 0) is 56.2 Å². The Kier molecular flexibility index (Phi) is 2.96. The van der Waals surface area contributed by atoms with Crippen molar-refractivity contribution in [3.8, 4) is 11.5 Å². The smallest absolute Gasteiger partial charge is 0.207 e. The molecule has 6 nitrogen and oxygen atoms in total. The SMILES string of the molecule is Oc1ccc2c3c1OC1C4(CCC5(O)C(C2)N(CC2CC2)CC[C@]315)OCCO4. The number of phenols is 1. The lowest BCUT2D eigenvalue weighted by atomic mass is 9.48. The van der Waals surface area contributed by atoms with Gasteiger partial charge in [0.25, 0.3) is 0 Å². The summed E-state index contributed by atoms with van der Waals surface area (Å²) < 4.78 is 18.8. The molecule has 6 heteroatoms. The summed E-state index contributed by atoms with van der Waals surface area (Å²) in [7, 11) is 0. The fourth-order valence-electron chi connectivity index (χ4n) is 7.21. The van der Waals surface area contributed by atoms with Gasteiger partial charge in [0.05, 0.1) is 24.2 Å². The lowest BCUT2D eigenvalue weighted by molar-refractivity contribution is -0.296. The summed E-state index contributed by atoms with van der Waals surface area (Å²) in [6.45, 7) is 3.16. The van der Waals surface area contributed by atoms with E-state index in [9.17, 15) is 10.2 Å². The summed E-state index contributed by atoms with van der Waals surface area (Å²) in [6.07, 6.45) is 5.14. The van der Waals surface area contributed by atoms with Gasteiger partial charge in [-0.2, -0.15) is 0 Å². The number of piperidine rings is 1. The normalized spacial score (nSPS) is 42.5. The Labute approximate surface area is 164 Å². The molecule has 2 saturated heterocycles. The Bertz CT molecular complexity index is 863. The van der Waals surface area contributed by atoms with Crippen LogP contribution in [0.5, 0.6) is 11.5 Å². The largest absolute Gasteiger partial charge is 0.504 e. The van der Waals surface area contributed by atoms with Crippen molar-refractivity contribution in [3.05, 3.63) is 23.3 Å². The lowest BCUT2D eigenvalue weighted by Gasteiger charge is -2.65. The molecule has 1 aromatic carbocycles. The molecule has 3 aliphatic carbocycles. The zero-order valence-electron chi connectivity index (χ0n) is 16.0. The zero-order valence-corrected chi connectivity index (χ0v) is 16.0. The molecule has 28 heavy (non-hydrogen) atoms. The predicted molar refractivity (Wildman–Crippen MR) is 99.4 cm³/mol. The molecule has 0 amide bonds. The monoisotopic (exact) mass is 385 g/mol. The number of aliphatic hydroxyl groups is 1. The highest BCUT2D eigenvalue weighted by molar-refractivity contribution is 5.62. The average Bonchev–Trinajstić information content (AvgIpc) is 3.23. The molecule has 150 valence electrons. The maximum Gasteiger partial charge on any atom is 0.207 e. The van der Waals surface area contributed by atoms with Crippen LogP contribution in [0.15, 0.2) is 12.1 Å². The van der Waals surface area contributed by atoms with E-state index in [0.717, 1.165) is 37.4 Å². The van der Waals surface area contributed by atoms with Gasteiger partial charge in [0.15, 0.2) is 17.6 Å². The third-order valence-corrected chi connectivity index (χ3v) is 8.54. The van der Waals surface area contributed by atoms with Gasteiger partial charge in [-0.15, -0.1) is 0 Å². The highest BCUT2D eigenvalue weighted by Crippen LogP contribution is 2.68. The molecule has 0 radical (unpaired) electrons. The van der Waals surface area contributed by atoms with E-state index in [1.54, 1.807) is 6.07 Å². The van der Waals surface area contributed by atoms with Crippen molar-refractivity contribution in [2.24, 2.45) is 5.92 Å². The van der Waals surface area contributed by atoms with Crippen molar-refractivity contribution in [2.45, 2.75) is 67.5 Å². The van der Waals surface area contributed by atoms with Crippen LogP contribution in [0, 0.1) is 5.92 Å². The molecule has 4 atom stereocenters. The maximum atomic E-state index is 12.3. The van der Waals surface area contributed by atoms with Crippen molar-refractivity contribution in [1.29, 1.82) is 0 Å². The number of hydrogen-bond donors (Lipinski definition) is 2. The van der Waals surface area contributed by atoms with Crippen LogP contribution in [0.25, 0.3) is 0 Å². The minimum atomic E-state index is -0.878. The van der Waals surface area contributed by atoms with Gasteiger partial charge in [-0.1, -0.05) is 6.07 Å². The highest BCUT2D eigenvalue weighted by atomic mass is 16.8. The van der Waals surface area contributed by atoms with Crippen molar-refractivity contribution in [2.75, 3.05) is 26.3 Å². The molecule has 2 saturated carbocycles. The van der Waals surface area contributed by atoms with Gasteiger partial charge < -0.3 is 24.4 Å². The molecule has 2 spiro atoms. The van der Waals surface area contributed by atoms with Gasteiger partial charge in [-0.25, -0.2) is 0 Å². The lowest BCUT2D eigenvalue weighted by Crippen LogP contribution is -2.79.